The molecule has 3 nitrogen and oxygen atoms in total. The van der Waals surface area contributed by atoms with Crippen LogP contribution in [-0.4, -0.2) is 11.9 Å². The minimum atomic E-state index is -0.0154. The van der Waals surface area contributed by atoms with Gasteiger partial charge in [0.15, 0.2) is 0 Å². The third kappa shape index (κ3) is 3.89. The zero-order valence-electron chi connectivity index (χ0n) is 8.32. The zero-order chi connectivity index (χ0) is 10.4. The van der Waals surface area contributed by atoms with Crippen LogP contribution in [0.3, 0.4) is 0 Å². The number of nitrogens with two attached hydrogens (primary N) is 1. The van der Waals surface area contributed by atoms with Crippen molar-refractivity contribution in [1.82, 2.24) is 5.32 Å². The molecule has 0 bridgehead atoms. The summed E-state index contributed by atoms with van der Waals surface area (Å²) in [7, 11) is 0. The summed E-state index contributed by atoms with van der Waals surface area (Å²) in [6.45, 7) is 2.60. The van der Waals surface area contributed by atoms with Crippen LogP contribution in [0.25, 0.3) is 0 Å². The lowest BCUT2D eigenvalue weighted by Crippen LogP contribution is -2.30. The van der Waals surface area contributed by atoms with Crippen LogP contribution in [0.4, 0.5) is 0 Å². The summed E-state index contributed by atoms with van der Waals surface area (Å²) in [6.07, 6.45) is 1.26. The lowest BCUT2D eigenvalue weighted by molar-refractivity contribution is -0.121. The highest BCUT2D eigenvalue weighted by molar-refractivity contribution is 7.09. The Balaban J connectivity index is 2.22. The fourth-order valence-electron chi connectivity index (χ4n) is 1.05. The van der Waals surface area contributed by atoms with Crippen LogP contribution >= 0.6 is 11.3 Å². The molecule has 4 heteroatoms. The van der Waals surface area contributed by atoms with Gasteiger partial charge in [-0.1, -0.05) is 13.0 Å². The first-order valence-electron chi connectivity index (χ1n) is 4.77. The predicted molar refractivity (Wildman–Crippen MR) is 59.0 cm³/mol. The molecule has 1 aromatic rings. The van der Waals surface area contributed by atoms with Gasteiger partial charge in [0.05, 0.1) is 6.54 Å². The molecule has 78 valence electrons. The van der Waals surface area contributed by atoms with E-state index in [9.17, 15) is 4.79 Å². The maximum absolute atomic E-state index is 11.3. The summed E-state index contributed by atoms with van der Waals surface area (Å²) >= 11 is 1.64. The Hall–Kier alpha value is -0.870. The van der Waals surface area contributed by atoms with Gasteiger partial charge in [0.1, 0.15) is 0 Å². The van der Waals surface area contributed by atoms with Crippen molar-refractivity contribution in [1.29, 1.82) is 0 Å². The van der Waals surface area contributed by atoms with Crippen molar-refractivity contribution in [2.75, 3.05) is 0 Å². The highest BCUT2D eigenvalue weighted by atomic mass is 32.1. The minimum Gasteiger partial charge on any atom is -0.351 e. The average molecular weight is 212 g/mol. The summed E-state index contributed by atoms with van der Waals surface area (Å²) < 4.78 is 0. The number of thiophene rings is 1. The molecule has 1 amide bonds. The number of amides is 1. The molecule has 0 radical (unpaired) electrons. The number of hydrogen-bond acceptors (Lipinski definition) is 3. The Morgan fingerprint density at radius 1 is 1.71 bits per heavy atom. The van der Waals surface area contributed by atoms with Gasteiger partial charge in [-0.15, -0.1) is 11.3 Å². The monoisotopic (exact) mass is 212 g/mol. The second-order valence-electron chi connectivity index (χ2n) is 3.23. The van der Waals surface area contributed by atoms with Crippen molar-refractivity contribution in [2.45, 2.75) is 32.4 Å². The van der Waals surface area contributed by atoms with Gasteiger partial charge in [-0.05, 0) is 17.9 Å². The lowest BCUT2D eigenvalue weighted by Gasteiger charge is -2.08. The van der Waals surface area contributed by atoms with Gasteiger partial charge < -0.3 is 11.1 Å². The van der Waals surface area contributed by atoms with E-state index in [-0.39, 0.29) is 11.9 Å². The van der Waals surface area contributed by atoms with Crippen LogP contribution in [0.5, 0.6) is 0 Å². The molecule has 0 aliphatic carbocycles. The van der Waals surface area contributed by atoms with E-state index in [1.807, 2.05) is 24.4 Å². The molecule has 1 rings (SSSR count). The first kappa shape index (κ1) is 11.2. The van der Waals surface area contributed by atoms with Crippen LogP contribution in [-0.2, 0) is 11.3 Å². The highest BCUT2D eigenvalue weighted by Crippen LogP contribution is 2.07. The SMILES string of the molecule is CCC(N)CC(=O)NCc1cccs1. The first-order valence-corrected chi connectivity index (χ1v) is 5.65. The van der Waals surface area contributed by atoms with E-state index in [2.05, 4.69) is 5.32 Å². The van der Waals surface area contributed by atoms with E-state index in [1.54, 1.807) is 11.3 Å². The molecular weight excluding hydrogens is 196 g/mol. The largest absolute Gasteiger partial charge is 0.351 e. The van der Waals surface area contributed by atoms with Crippen molar-refractivity contribution < 1.29 is 4.79 Å². The molecule has 0 saturated heterocycles. The van der Waals surface area contributed by atoms with E-state index >= 15 is 0 Å². The second-order valence-corrected chi connectivity index (χ2v) is 4.26. The van der Waals surface area contributed by atoms with E-state index < -0.39 is 0 Å². The molecule has 14 heavy (non-hydrogen) atoms. The number of carbonyl (C=O) groups excluding carboxylic acids is 1. The maximum atomic E-state index is 11.3. The Morgan fingerprint density at radius 3 is 3.07 bits per heavy atom. The topological polar surface area (TPSA) is 55.1 Å². The van der Waals surface area contributed by atoms with Crippen molar-refractivity contribution in [3.63, 3.8) is 0 Å². The van der Waals surface area contributed by atoms with Crippen LogP contribution in [0, 0.1) is 0 Å². The standard InChI is InChI=1S/C10H16N2OS/c1-2-8(11)6-10(13)12-7-9-4-3-5-14-9/h3-5,8H,2,6-7,11H2,1H3,(H,12,13). The van der Waals surface area contributed by atoms with E-state index in [0.29, 0.717) is 13.0 Å². The fraction of sp³-hybridized carbons (Fsp3) is 0.500. The molecule has 0 aromatic carbocycles. The third-order valence-corrected chi connectivity index (χ3v) is 2.89. The Kier molecular flexibility index (Phi) is 4.62. The maximum Gasteiger partial charge on any atom is 0.221 e. The zero-order valence-corrected chi connectivity index (χ0v) is 9.14. The second kappa shape index (κ2) is 5.78. The molecule has 1 unspecified atom stereocenters. The van der Waals surface area contributed by atoms with Gasteiger partial charge in [-0.3, -0.25) is 4.79 Å². The minimum absolute atomic E-state index is 0.0154. The van der Waals surface area contributed by atoms with Crippen molar-refractivity contribution in [2.24, 2.45) is 5.73 Å². The number of nitrogens with one attached hydrogen (secondary N) is 1. The average Bonchev–Trinajstić information content (AvgIpc) is 2.67. The number of rotatable bonds is 5. The van der Waals surface area contributed by atoms with Crippen LogP contribution in [0.15, 0.2) is 17.5 Å². The molecule has 3 N–H and O–H groups in total. The quantitative estimate of drug-likeness (QED) is 0.777. The Bertz CT molecular complexity index is 272. The molecule has 1 heterocycles. The van der Waals surface area contributed by atoms with Crippen LogP contribution < -0.4 is 11.1 Å². The molecule has 0 saturated carbocycles. The number of carbonyl (C=O) groups is 1. The van der Waals surface area contributed by atoms with E-state index in [1.165, 1.54) is 4.88 Å². The summed E-state index contributed by atoms with van der Waals surface area (Å²) in [5.74, 6) is 0.0350. The van der Waals surface area contributed by atoms with Crippen LogP contribution in [0.1, 0.15) is 24.6 Å². The Morgan fingerprint density at radius 2 is 2.50 bits per heavy atom. The van der Waals surface area contributed by atoms with Gasteiger partial charge in [-0.25, -0.2) is 0 Å². The lowest BCUT2D eigenvalue weighted by atomic mass is 10.1. The number of hydrogen-bond donors (Lipinski definition) is 2. The molecular formula is C10H16N2OS. The molecule has 0 aliphatic rings. The van der Waals surface area contributed by atoms with Gasteiger partial charge in [0.25, 0.3) is 0 Å². The molecule has 0 aliphatic heterocycles. The Labute approximate surface area is 88.3 Å². The molecule has 1 aromatic heterocycles. The van der Waals surface area contributed by atoms with Crippen molar-refractivity contribution >= 4 is 17.2 Å². The summed E-state index contributed by atoms with van der Waals surface area (Å²) in [6, 6.07) is 3.97. The van der Waals surface area contributed by atoms with Gasteiger partial charge in [-0.2, -0.15) is 0 Å². The normalized spacial score (nSPS) is 12.4. The molecule has 0 spiro atoms. The van der Waals surface area contributed by atoms with Gasteiger partial charge in [0.2, 0.25) is 5.91 Å². The highest BCUT2D eigenvalue weighted by Gasteiger charge is 2.06. The van der Waals surface area contributed by atoms with Crippen LogP contribution in [0.2, 0.25) is 0 Å². The predicted octanol–water partition coefficient (Wildman–Crippen LogP) is 1.49. The fourth-order valence-corrected chi connectivity index (χ4v) is 1.70. The van der Waals surface area contributed by atoms with Gasteiger partial charge in [0, 0.05) is 17.3 Å². The molecule has 0 fully saturated rings. The van der Waals surface area contributed by atoms with Gasteiger partial charge >= 0.3 is 0 Å². The smallest absolute Gasteiger partial charge is 0.221 e. The van der Waals surface area contributed by atoms with E-state index in [0.717, 1.165) is 6.42 Å². The van der Waals surface area contributed by atoms with Crippen molar-refractivity contribution in [3.8, 4) is 0 Å². The summed E-state index contributed by atoms with van der Waals surface area (Å²) in [5, 5.41) is 4.84. The van der Waals surface area contributed by atoms with E-state index in [4.69, 9.17) is 5.73 Å². The first-order chi connectivity index (χ1) is 6.72. The third-order valence-electron chi connectivity index (χ3n) is 2.01. The summed E-state index contributed by atoms with van der Waals surface area (Å²) in [4.78, 5) is 12.5. The van der Waals surface area contributed by atoms with Crippen molar-refractivity contribution in [3.05, 3.63) is 22.4 Å². The molecule has 1 atom stereocenters. The summed E-state index contributed by atoms with van der Waals surface area (Å²) in [5.41, 5.74) is 5.66.